The predicted octanol–water partition coefficient (Wildman–Crippen LogP) is 4.82. The lowest BCUT2D eigenvalue weighted by molar-refractivity contribution is -0.118. The van der Waals surface area contributed by atoms with Crippen molar-refractivity contribution >= 4 is 39.2 Å². The van der Waals surface area contributed by atoms with Gasteiger partial charge in [-0.05, 0) is 55.7 Å². The van der Waals surface area contributed by atoms with E-state index in [4.69, 9.17) is 0 Å². The molecule has 2 aromatic heterocycles. The number of benzene rings is 1. The summed E-state index contributed by atoms with van der Waals surface area (Å²) in [6, 6.07) is 4.61. The Kier molecular flexibility index (Phi) is 6.82. The van der Waals surface area contributed by atoms with Gasteiger partial charge in [0.15, 0.2) is 5.16 Å². The lowest BCUT2D eigenvalue weighted by Crippen LogP contribution is -2.27. The quantitative estimate of drug-likeness (QED) is 0.311. The van der Waals surface area contributed by atoms with Gasteiger partial charge in [0, 0.05) is 12.6 Å². The zero-order valence-corrected chi connectivity index (χ0v) is 18.3. The molecule has 0 saturated heterocycles. The van der Waals surface area contributed by atoms with Gasteiger partial charge in [-0.1, -0.05) is 23.4 Å². The van der Waals surface area contributed by atoms with Crippen molar-refractivity contribution in [1.29, 1.82) is 0 Å². The third-order valence-corrected chi connectivity index (χ3v) is 6.87. The third kappa shape index (κ3) is 5.22. The van der Waals surface area contributed by atoms with E-state index in [9.17, 15) is 18.4 Å². The molecule has 1 aliphatic carbocycles. The maximum atomic E-state index is 13.8. The minimum absolute atomic E-state index is 0.0393. The molecule has 0 saturated carbocycles. The molecule has 1 amide bonds. The maximum absolute atomic E-state index is 13.8. The molecular formula is C22H21F2N3O2S2. The van der Waals surface area contributed by atoms with Crippen molar-refractivity contribution < 1.29 is 13.6 Å². The molecule has 0 bridgehead atoms. The first-order valence-electron chi connectivity index (χ1n) is 10.1. The van der Waals surface area contributed by atoms with Crippen molar-refractivity contribution in [3.63, 3.8) is 0 Å². The molecule has 2 heterocycles. The molecule has 9 heteroatoms. The van der Waals surface area contributed by atoms with Crippen molar-refractivity contribution in [3.8, 4) is 5.69 Å². The molecule has 1 aromatic carbocycles. The number of carbonyl (C=O) groups excluding carboxylic acids is 1. The molecule has 0 fully saturated rings. The Morgan fingerprint density at radius 2 is 2.03 bits per heavy atom. The summed E-state index contributed by atoms with van der Waals surface area (Å²) in [6.45, 7) is 0.560. The van der Waals surface area contributed by atoms with Crippen molar-refractivity contribution in [1.82, 2.24) is 14.9 Å². The van der Waals surface area contributed by atoms with Gasteiger partial charge in [0.05, 0.1) is 17.0 Å². The van der Waals surface area contributed by atoms with Gasteiger partial charge in [-0.25, -0.2) is 13.8 Å². The van der Waals surface area contributed by atoms with Crippen LogP contribution >= 0.6 is 23.1 Å². The number of rotatable bonds is 7. The second-order valence-electron chi connectivity index (χ2n) is 7.29. The van der Waals surface area contributed by atoms with Crippen LogP contribution in [0, 0.1) is 11.6 Å². The van der Waals surface area contributed by atoms with E-state index in [0.29, 0.717) is 16.8 Å². The van der Waals surface area contributed by atoms with Crippen LogP contribution in [0.5, 0.6) is 0 Å². The SMILES string of the molecule is O=C(CSc1nc2ccsc2c(=O)n1-c1cc(F)cc(F)c1)NCCC1=CCCCC1. The highest BCUT2D eigenvalue weighted by atomic mass is 32.2. The van der Waals surface area contributed by atoms with Crippen molar-refractivity contribution in [3.05, 3.63) is 63.3 Å². The molecule has 162 valence electrons. The van der Waals surface area contributed by atoms with Crippen LogP contribution in [-0.2, 0) is 4.79 Å². The number of fused-ring (bicyclic) bond motifs is 1. The fraction of sp³-hybridized carbons (Fsp3) is 0.318. The first kappa shape index (κ1) is 21.7. The Labute approximate surface area is 186 Å². The van der Waals surface area contributed by atoms with Crippen LogP contribution in [0.1, 0.15) is 32.1 Å². The van der Waals surface area contributed by atoms with Gasteiger partial charge in [0.2, 0.25) is 5.91 Å². The number of hydrogen-bond donors (Lipinski definition) is 1. The van der Waals surface area contributed by atoms with Crippen LogP contribution in [0.15, 0.2) is 51.2 Å². The molecule has 31 heavy (non-hydrogen) atoms. The Morgan fingerprint density at radius 1 is 1.23 bits per heavy atom. The first-order valence-corrected chi connectivity index (χ1v) is 11.9. The summed E-state index contributed by atoms with van der Waals surface area (Å²) in [5.74, 6) is -1.73. The van der Waals surface area contributed by atoms with E-state index in [0.717, 1.165) is 53.8 Å². The summed E-state index contributed by atoms with van der Waals surface area (Å²) in [4.78, 5) is 29.8. The van der Waals surface area contributed by atoms with E-state index >= 15 is 0 Å². The number of aromatic nitrogens is 2. The lowest BCUT2D eigenvalue weighted by atomic mass is 9.97. The number of allylic oxidation sites excluding steroid dienone is 1. The van der Waals surface area contributed by atoms with Crippen LogP contribution in [0.25, 0.3) is 15.9 Å². The molecule has 0 radical (unpaired) electrons. The number of nitrogens with zero attached hydrogens (tertiary/aromatic N) is 2. The number of thioether (sulfide) groups is 1. The standard InChI is InChI=1S/C22H21F2N3O2S2/c23-15-10-16(24)12-17(11-15)27-21(29)20-18(7-9-30-20)26-22(27)31-13-19(28)25-8-6-14-4-2-1-3-5-14/h4,7,9-12H,1-3,5-6,8,13H2,(H,25,28). The average molecular weight is 462 g/mol. The lowest BCUT2D eigenvalue weighted by Gasteiger charge is -2.14. The van der Waals surface area contributed by atoms with E-state index in [2.05, 4.69) is 16.4 Å². The van der Waals surface area contributed by atoms with Crippen molar-refractivity contribution in [2.24, 2.45) is 0 Å². The summed E-state index contributed by atoms with van der Waals surface area (Å²) < 4.78 is 29.1. The highest BCUT2D eigenvalue weighted by Gasteiger charge is 2.17. The Balaban J connectivity index is 1.52. The fourth-order valence-electron chi connectivity index (χ4n) is 3.56. The fourth-order valence-corrected chi connectivity index (χ4v) is 5.16. The topological polar surface area (TPSA) is 64.0 Å². The Bertz CT molecular complexity index is 1180. The largest absolute Gasteiger partial charge is 0.355 e. The average Bonchev–Trinajstić information content (AvgIpc) is 3.21. The molecule has 0 aliphatic heterocycles. The first-order chi connectivity index (χ1) is 15.0. The number of thiophene rings is 1. The third-order valence-electron chi connectivity index (χ3n) is 5.04. The zero-order valence-electron chi connectivity index (χ0n) is 16.7. The number of amides is 1. The van der Waals surface area contributed by atoms with Crippen LogP contribution in [0.3, 0.4) is 0 Å². The van der Waals surface area contributed by atoms with Crippen LogP contribution in [0.2, 0.25) is 0 Å². The Morgan fingerprint density at radius 3 is 2.77 bits per heavy atom. The second kappa shape index (κ2) is 9.74. The van der Waals surface area contributed by atoms with Crippen molar-refractivity contribution in [2.75, 3.05) is 12.3 Å². The molecule has 1 aliphatic rings. The monoisotopic (exact) mass is 461 g/mol. The van der Waals surface area contributed by atoms with E-state index in [1.165, 1.54) is 29.8 Å². The molecule has 0 atom stereocenters. The van der Waals surface area contributed by atoms with Gasteiger partial charge in [-0.2, -0.15) is 0 Å². The van der Waals surface area contributed by atoms with Crippen LogP contribution in [0.4, 0.5) is 8.78 Å². The minimum atomic E-state index is -0.793. The second-order valence-corrected chi connectivity index (χ2v) is 9.15. The highest BCUT2D eigenvalue weighted by molar-refractivity contribution is 7.99. The van der Waals surface area contributed by atoms with Gasteiger partial charge >= 0.3 is 0 Å². The number of halogens is 2. The summed E-state index contributed by atoms with van der Waals surface area (Å²) in [5, 5.41) is 4.84. The highest BCUT2D eigenvalue weighted by Crippen LogP contribution is 2.24. The van der Waals surface area contributed by atoms with E-state index in [-0.39, 0.29) is 22.5 Å². The summed E-state index contributed by atoms with van der Waals surface area (Å²) in [5.41, 5.74) is 1.50. The molecule has 0 spiro atoms. The van der Waals surface area contributed by atoms with Gasteiger partial charge in [-0.3, -0.25) is 14.2 Å². The summed E-state index contributed by atoms with van der Waals surface area (Å²) in [7, 11) is 0. The van der Waals surface area contributed by atoms with Crippen LogP contribution < -0.4 is 10.9 Å². The number of hydrogen-bond acceptors (Lipinski definition) is 5. The molecule has 4 rings (SSSR count). The van der Waals surface area contributed by atoms with E-state index in [1.54, 1.807) is 11.4 Å². The zero-order chi connectivity index (χ0) is 21.8. The van der Waals surface area contributed by atoms with Crippen LogP contribution in [-0.4, -0.2) is 27.8 Å². The van der Waals surface area contributed by atoms with Gasteiger partial charge in [0.25, 0.3) is 5.56 Å². The summed E-state index contributed by atoms with van der Waals surface area (Å²) in [6.07, 6.45) is 7.71. The molecular weight excluding hydrogens is 440 g/mol. The predicted molar refractivity (Wildman–Crippen MR) is 120 cm³/mol. The van der Waals surface area contributed by atoms with E-state index < -0.39 is 17.2 Å². The Hall–Kier alpha value is -2.52. The van der Waals surface area contributed by atoms with Crippen molar-refractivity contribution in [2.45, 2.75) is 37.3 Å². The molecule has 3 aromatic rings. The maximum Gasteiger partial charge on any atom is 0.276 e. The van der Waals surface area contributed by atoms with Gasteiger partial charge in [0.1, 0.15) is 16.3 Å². The number of carbonyl (C=O) groups is 1. The smallest absolute Gasteiger partial charge is 0.276 e. The number of nitrogens with one attached hydrogen (secondary N) is 1. The van der Waals surface area contributed by atoms with E-state index in [1.807, 2.05) is 0 Å². The molecule has 5 nitrogen and oxygen atoms in total. The normalized spacial score (nSPS) is 13.9. The van der Waals surface area contributed by atoms with Gasteiger partial charge < -0.3 is 5.32 Å². The minimum Gasteiger partial charge on any atom is -0.355 e. The molecule has 0 unspecified atom stereocenters. The molecule has 1 N–H and O–H groups in total. The summed E-state index contributed by atoms with van der Waals surface area (Å²) >= 11 is 2.28. The van der Waals surface area contributed by atoms with Gasteiger partial charge in [-0.15, -0.1) is 11.3 Å².